The first-order valence-corrected chi connectivity index (χ1v) is 0. The van der Waals surface area contributed by atoms with Crippen LogP contribution in [0.15, 0.2) is 0 Å². The van der Waals surface area contributed by atoms with Crippen molar-refractivity contribution in [3.63, 3.8) is 0 Å². The minimum Gasteiger partial charge on any atom is -1.00 e. The summed E-state index contributed by atoms with van der Waals surface area (Å²) in [6, 6.07) is 0. The molecule has 0 aliphatic heterocycles. The van der Waals surface area contributed by atoms with Gasteiger partial charge in [0.1, 0.15) is 0 Å². The van der Waals surface area contributed by atoms with Gasteiger partial charge in [0.15, 0.2) is 0 Å². The molecule has 0 unspecified atom stereocenters. The zero-order chi connectivity index (χ0) is 0. The topological polar surface area (TPSA) is 0 Å². The average molecular weight is 164 g/mol. The Hall–Kier alpha value is 1.01. The van der Waals surface area contributed by atoms with Crippen molar-refractivity contribution in [2.75, 3.05) is 0 Å². The third kappa shape index (κ3) is 79.4. The molecule has 0 aliphatic rings. The van der Waals surface area contributed by atoms with Crippen molar-refractivity contribution in [2.24, 2.45) is 0 Å². The fraction of sp³-hybridized carbons (Fsp3) is 0. The van der Waals surface area contributed by atoms with E-state index in [-0.39, 0.29) is 58.9 Å². The van der Waals surface area contributed by atoms with E-state index in [1.807, 2.05) is 0 Å². The molecule has 0 amide bonds. The van der Waals surface area contributed by atoms with Crippen LogP contribution in [0.2, 0.25) is 0 Å². The van der Waals surface area contributed by atoms with Crippen LogP contribution in [0.1, 0.15) is 0 Å². The summed E-state index contributed by atoms with van der Waals surface area (Å²) >= 11 is 0. The summed E-state index contributed by atoms with van der Waals surface area (Å²) in [7, 11) is 0. The van der Waals surface area contributed by atoms with Gasteiger partial charge in [-0.15, -0.1) is 0 Å². The standard InChI is InChI=1S/Cu.4FH.Mg/h;4*1H;/q+2;;;;;+2/p-4. The molecule has 0 saturated carbocycles. The Morgan fingerprint density at radius 1 is 0.500 bits per heavy atom. The molecule has 0 aromatic heterocycles. The Morgan fingerprint density at radius 3 is 0.500 bits per heavy atom. The predicted molar refractivity (Wildman–Crippen MR) is 5.75 cm³/mol. The van der Waals surface area contributed by atoms with Gasteiger partial charge in [0.05, 0.1) is 0 Å². The third-order valence-corrected chi connectivity index (χ3v) is 0. The van der Waals surface area contributed by atoms with E-state index in [2.05, 4.69) is 0 Å². The monoisotopic (exact) mass is 163 g/mol. The molecule has 0 fully saturated rings. The zero-order valence-corrected chi connectivity index (χ0v) is 4.88. The first-order chi connectivity index (χ1) is 0. The maximum Gasteiger partial charge on any atom is 2.00 e. The van der Waals surface area contributed by atoms with E-state index in [0.29, 0.717) is 0 Å². The summed E-state index contributed by atoms with van der Waals surface area (Å²) in [4.78, 5) is 0. The van der Waals surface area contributed by atoms with E-state index in [4.69, 9.17) is 0 Å². The van der Waals surface area contributed by atoms with Gasteiger partial charge in [-0.3, -0.25) is 0 Å². The molecule has 0 saturated heterocycles. The molecule has 0 aromatic rings. The van der Waals surface area contributed by atoms with E-state index in [0.717, 1.165) is 0 Å². The van der Waals surface area contributed by atoms with Gasteiger partial charge < -0.3 is 18.8 Å². The number of hydrogen-bond donors (Lipinski definition) is 0. The maximum absolute atomic E-state index is 0. The summed E-state index contributed by atoms with van der Waals surface area (Å²) in [5.41, 5.74) is 0. The Morgan fingerprint density at radius 2 is 0.500 bits per heavy atom. The van der Waals surface area contributed by atoms with Gasteiger partial charge in [-0.1, -0.05) is 0 Å². The Bertz CT molecular complexity index is 7.51. The molecule has 41 valence electrons. The predicted octanol–water partition coefficient (Wildman–Crippen LogP) is -12.4. The fourth-order valence-corrected chi connectivity index (χ4v) is 0. The van der Waals surface area contributed by atoms with E-state index in [1.165, 1.54) is 0 Å². The van der Waals surface area contributed by atoms with E-state index in [1.54, 1.807) is 0 Å². The van der Waals surface area contributed by atoms with Gasteiger partial charge in [0, 0.05) is 0 Å². The molecule has 0 spiro atoms. The second-order valence-corrected chi connectivity index (χ2v) is 0. The van der Waals surface area contributed by atoms with Gasteiger partial charge in [-0.25, -0.2) is 0 Å². The third-order valence-electron chi connectivity index (χ3n) is 0. The Kier molecular flexibility index (Phi) is 6190. The molecule has 0 nitrogen and oxygen atoms in total. The van der Waals surface area contributed by atoms with Crippen molar-refractivity contribution in [3.8, 4) is 0 Å². The van der Waals surface area contributed by atoms with Gasteiger partial charge >= 0.3 is 40.1 Å². The molecular weight excluding hydrogens is 164 g/mol. The molecule has 0 aliphatic carbocycles. The van der Waals surface area contributed by atoms with Crippen LogP contribution in [0.5, 0.6) is 0 Å². The van der Waals surface area contributed by atoms with Crippen LogP contribution >= 0.6 is 0 Å². The van der Waals surface area contributed by atoms with Crippen molar-refractivity contribution < 1.29 is 35.9 Å². The molecule has 0 N–H and O–H groups in total. The second-order valence-electron chi connectivity index (χ2n) is 0. The van der Waals surface area contributed by atoms with Gasteiger partial charge in [-0.2, -0.15) is 0 Å². The van der Waals surface area contributed by atoms with Crippen LogP contribution in [0.25, 0.3) is 0 Å². The molecule has 0 atom stereocenters. The summed E-state index contributed by atoms with van der Waals surface area (Å²) in [6.07, 6.45) is 0. The van der Waals surface area contributed by atoms with E-state index in [9.17, 15) is 0 Å². The van der Waals surface area contributed by atoms with Crippen molar-refractivity contribution in [1.82, 2.24) is 0 Å². The molecule has 6 heteroatoms. The fourth-order valence-electron chi connectivity index (χ4n) is 0. The molecular formula is CuF4Mg. The minimum atomic E-state index is 0. The van der Waals surface area contributed by atoms with Crippen LogP contribution in [0.4, 0.5) is 0 Å². The Balaban J connectivity index is 0. The summed E-state index contributed by atoms with van der Waals surface area (Å²) in [5.74, 6) is 0. The molecule has 0 bridgehead atoms. The number of rotatable bonds is 0. The summed E-state index contributed by atoms with van der Waals surface area (Å²) in [5, 5.41) is 0. The van der Waals surface area contributed by atoms with Crippen LogP contribution in [0, 0.1) is 0 Å². The largest absolute Gasteiger partial charge is 2.00 e. The van der Waals surface area contributed by atoms with E-state index >= 15 is 0 Å². The van der Waals surface area contributed by atoms with Crippen molar-refractivity contribution in [3.05, 3.63) is 0 Å². The molecule has 1 radical (unpaired) electrons. The van der Waals surface area contributed by atoms with Crippen LogP contribution < -0.4 is 18.8 Å². The molecule has 0 rings (SSSR count). The normalized spacial score (nSPS) is 0. The van der Waals surface area contributed by atoms with Crippen molar-refractivity contribution in [1.29, 1.82) is 0 Å². The van der Waals surface area contributed by atoms with Crippen LogP contribution in [-0.4, -0.2) is 23.1 Å². The van der Waals surface area contributed by atoms with Crippen molar-refractivity contribution >= 4 is 23.1 Å². The zero-order valence-electron chi connectivity index (χ0n) is 2.52. The SMILES string of the molecule is [Cu+2].[F-].[F-].[F-].[F-].[Mg+2]. The quantitative estimate of drug-likeness (QED) is 0.246. The average Bonchev–Trinajstić information content (AvgIpc) is 0. The van der Waals surface area contributed by atoms with Gasteiger partial charge in [-0.05, 0) is 0 Å². The van der Waals surface area contributed by atoms with Crippen LogP contribution in [0.3, 0.4) is 0 Å². The minimum absolute atomic E-state index is 0. The molecule has 0 aromatic carbocycles. The van der Waals surface area contributed by atoms with Gasteiger partial charge in [0.2, 0.25) is 0 Å². The summed E-state index contributed by atoms with van der Waals surface area (Å²) in [6.45, 7) is 0. The first kappa shape index (κ1) is 250. The number of hydrogen-bond acceptors (Lipinski definition) is 0. The van der Waals surface area contributed by atoms with E-state index < -0.39 is 0 Å². The first-order valence-electron chi connectivity index (χ1n) is 0. The molecule has 0 heterocycles. The Labute approximate surface area is 59.1 Å². The number of halogens is 4. The maximum atomic E-state index is 0. The van der Waals surface area contributed by atoms with Crippen LogP contribution in [-0.2, 0) is 17.1 Å². The smallest absolute Gasteiger partial charge is 1.00 e. The molecule has 6 heavy (non-hydrogen) atoms. The summed E-state index contributed by atoms with van der Waals surface area (Å²) < 4.78 is 0. The second kappa shape index (κ2) is 149. The van der Waals surface area contributed by atoms with Crippen molar-refractivity contribution in [2.45, 2.75) is 0 Å². The van der Waals surface area contributed by atoms with Gasteiger partial charge in [0.25, 0.3) is 0 Å².